The number of rotatable bonds is 1. The van der Waals surface area contributed by atoms with E-state index in [-0.39, 0.29) is 6.61 Å². The van der Waals surface area contributed by atoms with Crippen molar-refractivity contribution in [3.05, 3.63) is 27.2 Å². The number of benzene rings is 1. The van der Waals surface area contributed by atoms with Crippen LogP contribution in [0.5, 0.6) is 5.75 Å². The van der Waals surface area contributed by atoms with Crippen LogP contribution >= 0.6 is 27.5 Å². The molecule has 1 aliphatic rings. The molecule has 80 valence electrons. The van der Waals surface area contributed by atoms with Crippen molar-refractivity contribution in [1.82, 2.24) is 0 Å². The van der Waals surface area contributed by atoms with Gasteiger partial charge in [-0.1, -0.05) is 11.6 Å². The highest BCUT2D eigenvalue weighted by Crippen LogP contribution is 2.34. The Balaban J connectivity index is 2.34. The first-order valence-corrected chi connectivity index (χ1v) is 5.58. The summed E-state index contributed by atoms with van der Waals surface area (Å²) >= 11 is 9.20. The molecule has 0 amide bonds. The summed E-state index contributed by atoms with van der Waals surface area (Å²) in [7, 11) is 0. The molecule has 2 rings (SSSR count). The molecule has 15 heavy (non-hydrogen) atoms. The quantitative estimate of drug-likeness (QED) is 0.865. The Bertz CT molecular complexity index is 419. The van der Waals surface area contributed by atoms with Crippen molar-refractivity contribution in [2.75, 3.05) is 6.61 Å². The summed E-state index contributed by atoms with van der Waals surface area (Å²) < 4.78 is 6.11. The van der Waals surface area contributed by atoms with E-state index in [1.807, 2.05) is 6.07 Å². The fourth-order valence-corrected chi connectivity index (χ4v) is 2.08. The molecular formula is C10H8BrClO3. The van der Waals surface area contributed by atoms with Gasteiger partial charge >= 0.3 is 5.97 Å². The van der Waals surface area contributed by atoms with Crippen molar-refractivity contribution in [2.24, 2.45) is 5.92 Å². The van der Waals surface area contributed by atoms with E-state index in [4.69, 9.17) is 21.4 Å². The van der Waals surface area contributed by atoms with Crippen LogP contribution in [0.2, 0.25) is 5.02 Å². The average molecular weight is 292 g/mol. The lowest BCUT2D eigenvalue weighted by atomic mass is 9.97. The Labute approximate surface area is 100 Å². The van der Waals surface area contributed by atoms with Crippen molar-refractivity contribution < 1.29 is 14.6 Å². The number of ether oxygens (including phenoxy) is 1. The molecule has 3 nitrogen and oxygen atoms in total. The maximum absolute atomic E-state index is 10.8. The molecule has 1 unspecified atom stereocenters. The monoisotopic (exact) mass is 290 g/mol. The van der Waals surface area contributed by atoms with Crippen molar-refractivity contribution in [1.29, 1.82) is 0 Å². The molecule has 1 heterocycles. The van der Waals surface area contributed by atoms with Gasteiger partial charge in [0.15, 0.2) is 0 Å². The van der Waals surface area contributed by atoms with Gasteiger partial charge in [-0.25, -0.2) is 0 Å². The first kappa shape index (κ1) is 10.8. The Kier molecular flexibility index (Phi) is 2.89. The van der Waals surface area contributed by atoms with Gasteiger partial charge in [0, 0.05) is 10.5 Å². The molecule has 1 aromatic rings. The first-order chi connectivity index (χ1) is 7.08. The lowest BCUT2D eigenvalue weighted by Gasteiger charge is -2.22. The molecule has 0 saturated carbocycles. The summed E-state index contributed by atoms with van der Waals surface area (Å²) in [6.07, 6.45) is 0.487. The van der Waals surface area contributed by atoms with Crippen molar-refractivity contribution in [2.45, 2.75) is 6.42 Å². The average Bonchev–Trinajstić information content (AvgIpc) is 2.19. The topological polar surface area (TPSA) is 46.5 Å². The first-order valence-electron chi connectivity index (χ1n) is 4.41. The minimum absolute atomic E-state index is 0.209. The van der Waals surface area contributed by atoms with Gasteiger partial charge in [-0.15, -0.1) is 0 Å². The Hall–Kier alpha value is -0.740. The number of halogens is 2. The summed E-state index contributed by atoms with van der Waals surface area (Å²) in [6, 6.07) is 3.52. The molecule has 0 aromatic heterocycles. The van der Waals surface area contributed by atoms with Crippen molar-refractivity contribution in [3.8, 4) is 5.75 Å². The highest BCUT2D eigenvalue weighted by atomic mass is 79.9. The number of hydrogen-bond donors (Lipinski definition) is 1. The van der Waals surface area contributed by atoms with Crippen LogP contribution in [-0.2, 0) is 11.2 Å². The van der Waals surface area contributed by atoms with E-state index in [0.717, 1.165) is 10.0 Å². The Morgan fingerprint density at radius 2 is 2.33 bits per heavy atom. The van der Waals surface area contributed by atoms with E-state index >= 15 is 0 Å². The van der Waals surface area contributed by atoms with Crippen molar-refractivity contribution in [3.63, 3.8) is 0 Å². The molecule has 0 radical (unpaired) electrons. The fourth-order valence-electron chi connectivity index (χ4n) is 1.54. The zero-order chi connectivity index (χ0) is 11.0. The molecule has 0 saturated heterocycles. The summed E-state index contributed by atoms with van der Waals surface area (Å²) in [5.74, 6) is -0.613. The molecule has 0 fully saturated rings. The molecule has 5 heteroatoms. The van der Waals surface area contributed by atoms with Gasteiger partial charge in [0.2, 0.25) is 0 Å². The molecular weight excluding hydrogens is 283 g/mol. The molecule has 1 N–H and O–H groups in total. The predicted octanol–water partition coefficient (Wildman–Crippen LogP) is 2.74. The molecule has 0 spiro atoms. The third-order valence-corrected chi connectivity index (χ3v) is 3.56. The normalized spacial score (nSPS) is 19.2. The van der Waals surface area contributed by atoms with Gasteiger partial charge in [-0.2, -0.15) is 0 Å². The van der Waals surface area contributed by atoms with E-state index in [2.05, 4.69) is 15.9 Å². The number of aliphatic carboxylic acids is 1. The van der Waals surface area contributed by atoms with Gasteiger partial charge in [0.25, 0.3) is 0 Å². The SMILES string of the molecule is O=C(O)C1COc2cc(Cl)c(Br)cc2C1. The highest BCUT2D eigenvalue weighted by Gasteiger charge is 2.26. The maximum Gasteiger partial charge on any atom is 0.310 e. The molecule has 0 aliphatic carbocycles. The fraction of sp³-hybridized carbons (Fsp3) is 0.300. The summed E-state index contributed by atoms with van der Waals surface area (Å²) in [4.78, 5) is 10.8. The van der Waals surface area contributed by atoms with E-state index < -0.39 is 11.9 Å². The lowest BCUT2D eigenvalue weighted by molar-refractivity contribution is -0.143. The van der Waals surface area contributed by atoms with Gasteiger partial charge in [0.05, 0.1) is 10.9 Å². The highest BCUT2D eigenvalue weighted by molar-refractivity contribution is 9.10. The number of fused-ring (bicyclic) bond motifs is 1. The van der Waals surface area contributed by atoms with E-state index in [0.29, 0.717) is 17.2 Å². The number of carboxylic acids is 1. The predicted molar refractivity (Wildman–Crippen MR) is 59.5 cm³/mol. The second kappa shape index (κ2) is 4.02. The standard InChI is InChI=1S/C10H8BrClO3/c11-7-2-5-1-6(10(13)14)4-15-9(5)3-8(7)12/h2-3,6H,1,4H2,(H,13,14). The third-order valence-electron chi connectivity index (χ3n) is 2.36. The minimum atomic E-state index is -0.827. The second-order valence-corrected chi connectivity index (χ2v) is 4.69. The van der Waals surface area contributed by atoms with E-state index in [1.165, 1.54) is 0 Å². The van der Waals surface area contributed by atoms with Crippen LogP contribution in [0.1, 0.15) is 5.56 Å². The Morgan fingerprint density at radius 1 is 1.60 bits per heavy atom. The number of carbonyl (C=O) groups is 1. The molecule has 1 aliphatic heterocycles. The molecule has 0 bridgehead atoms. The van der Waals surface area contributed by atoms with Crippen LogP contribution in [0, 0.1) is 5.92 Å². The minimum Gasteiger partial charge on any atom is -0.492 e. The van der Waals surface area contributed by atoms with Crippen LogP contribution in [-0.4, -0.2) is 17.7 Å². The van der Waals surface area contributed by atoms with Gasteiger partial charge in [-0.05, 0) is 34.0 Å². The van der Waals surface area contributed by atoms with Crippen LogP contribution in [0.15, 0.2) is 16.6 Å². The van der Waals surface area contributed by atoms with Crippen LogP contribution in [0.4, 0.5) is 0 Å². The third kappa shape index (κ3) is 2.11. The van der Waals surface area contributed by atoms with Gasteiger partial charge < -0.3 is 9.84 Å². The summed E-state index contributed by atoms with van der Waals surface area (Å²) in [6.45, 7) is 0.209. The van der Waals surface area contributed by atoms with E-state index in [9.17, 15) is 4.79 Å². The smallest absolute Gasteiger partial charge is 0.310 e. The number of carboxylic acid groups (broad SMARTS) is 1. The largest absolute Gasteiger partial charge is 0.492 e. The second-order valence-electron chi connectivity index (χ2n) is 3.42. The molecule has 1 aromatic carbocycles. The molecule has 1 atom stereocenters. The van der Waals surface area contributed by atoms with Crippen LogP contribution < -0.4 is 4.74 Å². The summed E-state index contributed by atoms with van der Waals surface area (Å²) in [5.41, 5.74) is 0.880. The van der Waals surface area contributed by atoms with Gasteiger partial charge in [-0.3, -0.25) is 4.79 Å². The maximum atomic E-state index is 10.8. The number of hydrogen-bond acceptors (Lipinski definition) is 2. The van der Waals surface area contributed by atoms with Gasteiger partial charge in [0.1, 0.15) is 12.4 Å². The zero-order valence-corrected chi connectivity index (χ0v) is 10.0. The summed E-state index contributed by atoms with van der Waals surface area (Å²) in [5, 5.41) is 9.44. The van der Waals surface area contributed by atoms with Crippen molar-refractivity contribution >= 4 is 33.5 Å². The van der Waals surface area contributed by atoms with E-state index in [1.54, 1.807) is 6.07 Å². The zero-order valence-electron chi connectivity index (χ0n) is 7.67. The van der Waals surface area contributed by atoms with Crippen LogP contribution in [0.3, 0.4) is 0 Å². The van der Waals surface area contributed by atoms with Crippen LogP contribution in [0.25, 0.3) is 0 Å². The Morgan fingerprint density at radius 3 is 3.00 bits per heavy atom. The lowest BCUT2D eigenvalue weighted by Crippen LogP contribution is -2.27.